The predicted molar refractivity (Wildman–Crippen MR) is 110 cm³/mol. The van der Waals surface area contributed by atoms with Gasteiger partial charge in [-0.05, 0) is 45.9 Å². The van der Waals surface area contributed by atoms with Crippen molar-refractivity contribution in [1.29, 1.82) is 5.26 Å². The van der Waals surface area contributed by atoms with E-state index in [1.165, 1.54) is 16.7 Å². The van der Waals surface area contributed by atoms with Gasteiger partial charge in [-0.15, -0.1) is 0 Å². The molecule has 0 saturated carbocycles. The van der Waals surface area contributed by atoms with Gasteiger partial charge in [-0.1, -0.05) is 35.9 Å². The molecule has 0 spiro atoms. The summed E-state index contributed by atoms with van der Waals surface area (Å²) in [6.07, 6.45) is -4.60. The number of anilines is 1. The first kappa shape index (κ1) is 23.4. The minimum absolute atomic E-state index is 0.0327. The number of alkyl halides is 6. The van der Waals surface area contributed by atoms with Crippen LogP contribution in [-0.4, -0.2) is 10.1 Å². The largest absolute Gasteiger partial charge is 0.446 e. The second kappa shape index (κ2) is 8.33. The van der Waals surface area contributed by atoms with E-state index in [2.05, 4.69) is 15.9 Å². The quantitative estimate of drug-likeness (QED) is 0.274. The molecule has 31 heavy (non-hydrogen) atoms. The molecule has 0 atom stereocenters. The van der Waals surface area contributed by atoms with Crippen molar-refractivity contribution in [2.24, 2.45) is 0 Å². The monoisotopic (exact) mass is 539 g/mol. The summed E-state index contributed by atoms with van der Waals surface area (Å²) in [4.78, 5) is -0.491. The molecule has 162 valence electrons. The Balaban J connectivity index is 2.24. The number of hydrogen-bond donors (Lipinski definition) is 1. The van der Waals surface area contributed by atoms with Crippen LogP contribution in [0.3, 0.4) is 0 Å². The maximum absolute atomic E-state index is 13.0. The number of para-hydroxylation sites is 1. The lowest BCUT2D eigenvalue weighted by Crippen LogP contribution is -2.06. The summed E-state index contributed by atoms with van der Waals surface area (Å²) in [6, 6.07) is 10.6. The number of nitrogens with zero attached hydrogens (tertiary/aromatic N) is 2. The molecule has 1 heterocycles. The van der Waals surface area contributed by atoms with Gasteiger partial charge in [0, 0.05) is 16.1 Å². The Morgan fingerprint density at radius 1 is 1.03 bits per heavy atom. The fourth-order valence-corrected chi connectivity index (χ4v) is 4.65. The zero-order valence-corrected chi connectivity index (χ0v) is 18.1. The lowest BCUT2D eigenvalue weighted by Gasteiger charge is -2.16. The smallest absolute Gasteiger partial charge is 0.384 e. The molecule has 3 rings (SSSR count). The number of benzene rings is 2. The molecule has 2 N–H and O–H groups in total. The number of thioether (sulfide) groups is 1. The average Bonchev–Trinajstić information content (AvgIpc) is 2.89. The van der Waals surface area contributed by atoms with E-state index in [9.17, 15) is 31.6 Å². The van der Waals surface area contributed by atoms with Gasteiger partial charge in [0.05, 0.1) is 16.1 Å². The number of halogens is 8. The molecule has 3 nitrogen and oxygen atoms in total. The van der Waals surface area contributed by atoms with Gasteiger partial charge in [0.15, 0.2) is 0 Å². The van der Waals surface area contributed by atoms with Gasteiger partial charge >= 0.3 is 11.7 Å². The average molecular weight is 541 g/mol. The Hall–Kier alpha value is -2.29. The Morgan fingerprint density at radius 2 is 1.68 bits per heavy atom. The van der Waals surface area contributed by atoms with Gasteiger partial charge in [0.25, 0.3) is 0 Å². The molecule has 0 fully saturated rings. The van der Waals surface area contributed by atoms with Crippen LogP contribution in [0.4, 0.5) is 32.2 Å². The van der Waals surface area contributed by atoms with Crippen molar-refractivity contribution < 1.29 is 26.3 Å². The summed E-state index contributed by atoms with van der Waals surface area (Å²) in [5.41, 5.74) is 0.725. The van der Waals surface area contributed by atoms with Crippen LogP contribution in [0.2, 0.25) is 5.02 Å². The summed E-state index contributed by atoms with van der Waals surface area (Å²) in [5.74, 6) is -0.360. The van der Waals surface area contributed by atoms with Crippen LogP contribution in [-0.2, 0) is 6.18 Å². The van der Waals surface area contributed by atoms with Crippen LogP contribution in [0.15, 0.2) is 52.0 Å². The second-order valence-corrected chi connectivity index (χ2v) is 8.32. The third-order valence-electron chi connectivity index (χ3n) is 4.16. The van der Waals surface area contributed by atoms with Gasteiger partial charge in [-0.2, -0.15) is 31.6 Å². The zero-order valence-electron chi connectivity index (χ0n) is 14.9. The highest BCUT2D eigenvalue weighted by molar-refractivity contribution is 9.10. The molecular formula is C19H9BrClF6N3S. The van der Waals surface area contributed by atoms with E-state index in [1.807, 2.05) is 0 Å². The summed E-state index contributed by atoms with van der Waals surface area (Å²) < 4.78 is 79.0. The van der Waals surface area contributed by atoms with E-state index >= 15 is 0 Å². The first-order valence-electron chi connectivity index (χ1n) is 8.17. The van der Waals surface area contributed by atoms with E-state index in [0.29, 0.717) is 5.56 Å². The number of nitriles is 1. The van der Waals surface area contributed by atoms with Crippen molar-refractivity contribution in [2.75, 3.05) is 5.73 Å². The topological polar surface area (TPSA) is 54.7 Å². The fourth-order valence-electron chi connectivity index (χ4n) is 2.90. The molecule has 2 aromatic carbocycles. The van der Waals surface area contributed by atoms with E-state index in [-0.39, 0.29) is 32.3 Å². The molecule has 0 amide bonds. The van der Waals surface area contributed by atoms with Crippen LogP contribution in [0.5, 0.6) is 0 Å². The van der Waals surface area contributed by atoms with E-state index in [1.54, 1.807) is 18.2 Å². The third-order valence-corrected chi connectivity index (χ3v) is 6.08. The molecule has 0 aliphatic carbocycles. The van der Waals surface area contributed by atoms with Gasteiger partial charge in [-0.25, -0.2) is 0 Å². The number of nitrogens with two attached hydrogens (primary N) is 1. The summed E-state index contributed by atoms with van der Waals surface area (Å²) >= 11 is 8.69. The highest BCUT2D eigenvalue weighted by Gasteiger charge is 2.35. The highest BCUT2D eigenvalue weighted by atomic mass is 79.9. The van der Waals surface area contributed by atoms with Crippen molar-refractivity contribution in [1.82, 2.24) is 4.57 Å². The summed E-state index contributed by atoms with van der Waals surface area (Å²) in [6.45, 7) is 0. The number of hydrogen-bond acceptors (Lipinski definition) is 3. The Morgan fingerprint density at radius 3 is 2.23 bits per heavy atom. The van der Waals surface area contributed by atoms with E-state index < -0.39 is 33.9 Å². The van der Waals surface area contributed by atoms with Crippen molar-refractivity contribution in [2.45, 2.75) is 16.6 Å². The number of nitrogen functional groups attached to an aromatic ring is 1. The summed E-state index contributed by atoms with van der Waals surface area (Å²) in [5, 5.41) is 9.15. The van der Waals surface area contributed by atoms with Crippen molar-refractivity contribution in [3.8, 4) is 22.9 Å². The molecule has 0 aliphatic heterocycles. The predicted octanol–water partition coefficient (Wildman–Crippen LogP) is 7.64. The van der Waals surface area contributed by atoms with E-state index in [0.717, 1.165) is 18.2 Å². The second-order valence-electron chi connectivity index (χ2n) is 6.08. The molecule has 0 radical (unpaired) electrons. The maximum Gasteiger partial charge on any atom is 0.446 e. The van der Waals surface area contributed by atoms with Crippen LogP contribution in [0.1, 0.15) is 11.1 Å². The minimum Gasteiger partial charge on any atom is -0.384 e. The highest BCUT2D eigenvalue weighted by Crippen LogP contribution is 2.47. The molecule has 0 aliphatic rings. The SMILES string of the molecule is N#Cc1c(SC(F)(F)F)c(N)n(-c2ccccc2-c2ccc(C(F)(F)F)cc2Cl)c1Br. The molecular weight excluding hydrogens is 532 g/mol. The fraction of sp³-hybridized carbons (Fsp3) is 0.105. The number of rotatable bonds is 3. The first-order valence-corrected chi connectivity index (χ1v) is 10.2. The van der Waals surface area contributed by atoms with Crippen LogP contribution < -0.4 is 5.73 Å². The van der Waals surface area contributed by atoms with Crippen molar-refractivity contribution in [3.63, 3.8) is 0 Å². The van der Waals surface area contributed by atoms with Crippen molar-refractivity contribution >= 4 is 45.1 Å². The van der Waals surface area contributed by atoms with Gasteiger partial charge in [-0.3, -0.25) is 4.57 Å². The molecule has 3 aromatic rings. The lowest BCUT2D eigenvalue weighted by atomic mass is 10.0. The maximum atomic E-state index is 13.0. The van der Waals surface area contributed by atoms with E-state index in [4.69, 9.17) is 17.3 Å². The van der Waals surface area contributed by atoms with Gasteiger partial charge in [0.1, 0.15) is 22.1 Å². The van der Waals surface area contributed by atoms with Crippen molar-refractivity contribution in [3.05, 3.63) is 63.2 Å². The zero-order chi connectivity index (χ0) is 23.1. The Kier molecular flexibility index (Phi) is 6.28. The summed E-state index contributed by atoms with van der Waals surface area (Å²) in [7, 11) is 0. The molecule has 0 unspecified atom stereocenters. The van der Waals surface area contributed by atoms with Crippen LogP contribution in [0.25, 0.3) is 16.8 Å². The standard InChI is InChI=1S/C19H9BrClF6N3S/c20-16-12(8-28)15(31-19(25,26)27)17(29)30(16)14-4-2-1-3-11(14)10-6-5-9(7-13(10)21)18(22,23)24/h1-7H,29H2. The van der Waals surface area contributed by atoms with Crippen LogP contribution in [0, 0.1) is 11.3 Å². The third kappa shape index (κ3) is 4.66. The molecule has 12 heteroatoms. The molecule has 0 saturated heterocycles. The van der Waals surface area contributed by atoms with Gasteiger partial charge < -0.3 is 5.73 Å². The number of aromatic nitrogens is 1. The lowest BCUT2D eigenvalue weighted by molar-refractivity contribution is -0.137. The minimum atomic E-state index is -4.69. The Bertz CT molecular complexity index is 1200. The first-order chi connectivity index (χ1) is 14.3. The normalized spacial score (nSPS) is 12.1. The Labute approximate surface area is 189 Å². The molecule has 0 bridgehead atoms. The van der Waals surface area contributed by atoms with Gasteiger partial charge in [0.2, 0.25) is 0 Å². The van der Waals surface area contributed by atoms with Crippen LogP contribution >= 0.6 is 39.3 Å². The molecule has 1 aromatic heterocycles.